The maximum absolute atomic E-state index is 11.8. The van der Waals surface area contributed by atoms with Gasteiger partial charge in [-0.15, -0.1) is 0 Å². The summed E-state index contributed by atoms with van der Waals surface area (Å²) < 4.78 is 34.0. The number of nitrogens with zero attached hydrogens (tertiary/aromatic N) is 1. The fourth-order valence-corrected chi connectivity index (χ4v) is 2.75. The summed E-state index contributed by atoms with van der Waals surface area (Å²) in [6, 6.07) is 4.70. The van der Waals surface area contributed by atoms with Crippen LogP contribution in [-0.4, -0.2) is 39.1 Å². The number of H-pyrrole nitrogens is 1. The molecule has 0 aliphatic rings. The molecule has 2 rings (SSSR count). The molecule has 0 unspecified atom stereocenters. The van der Waals surface area contributed by atoms with Crippen molar-refractivity contribution in [3.8, 4) is 22.8 Å². The lowest BCUT2D eigenvalue weighted by Crippen LogP contribution is -2.03. The van der Waals surface area contributed by atoms with E-state index in [1.807, 2.05) is 0 Å². The first kappa shape index (κ1) is 14.2. The Bertz CT molecular complexity index is 737. The molecule has 0 radical (unpaired) electrons. The number of aromatic nitrogens is 2. The molecule has 3 N–H and O–H groups in total. The summed E-state index contributed by atoms with van der Waals surface area (Å²) in [6.07, 6.45) is 1.11. The van der Waals surface area contributed by atoms with Gasteiger partial charge in [0.1, 0.15) is 10.7 Å². The first-order chi connectivity index (χ1) is 9.38. The zero-order chi connectivity index (χ0) is 14.9. The molecule has 0 amide bonds. The molecule has 0 spiro atoms. The molecule has 0 bridgehead atoms. The van der Waals surface area contributed by atoms with Crippen LogP contribution >= 0.6 is 0 Å². The average Bonchev–Trinajstić information content (AvgIpc) is 2.82. The van der Waals surface area contributed by atoms with E-state index in [1.54, 1.807) is 12.1 Å². The standard InChI is InChI=1S/C12H15N3O4S/c1-18-11-7(8-6-10(13)15-14-8)4-5-9(12(11)19-2)20(3,16)17/h4-6H,1-3H3,(H3,13,14,15). The summed E-state index contributed by atoms with van der Waals surface area (Å²) in [5.74, 6) is 0.785. The fraction of sp³-hybridized carbons (Fsp3) is 0.250. The van der Waals surface area contributed by atoms with Crippen molar-refractivity contribution in [2.45, 2.75) is 4.90 Å². The molecule has 0 saturated heterocycles. The van der Waals surface area contributed by atoms with E-state index in [4.69, 9.17) is 15.2 Å². The SMILES string of the molecule is COc1c(-c2cc(N)n[nH]2)ccc(S(C)(=O)=O)c1OC. The lowest BCUT2D eigenvalue weighted by atomic mass is 10.1. The van der Waals surface area contributed by atoms with Crippen LogP contribution in [0.5, 0.6) is 11.5 Å². The van der Waals surface area contributed by atoms with Crippen LogP contribution in [0.3, 0.4) is 0 Å². The molecule has 0 atom stereocenters. The normalized spacial score (nSPS) is 11.3. The van der Waals surface area contributed by atoms with Crippen molar-refractivity contribution in [2.75, 3.05) is 26.2 Å². The molecule has 1 aromatic heterocycles. The van der Waals surface area contributed by atoms with E-state index in [2.05, 4.69) is 10.2 Å². The molecule has 0 aliphatic heterocycles. The number of nitrogen functional groups attached to an aromatic ring is 1. The smallest absolute Gasteiger partial charge is 0.180 e. The summed E-state index contributed by atoms with van der Waals surface area (Å²) in [4.78, 5) is 0.0630. The van der Waals surface area contributed by atoms with Gasteiger partial charge in [-0.25, -0.2) is 8.42 Å². The number of nitrogens with one attached hydrogen (secondary N) is 1. The van der Waals surface area contributed by atoms with E-state index in [0.717, 1.165) is 6.26 Å². The topological polar surface area (TPSA) is 107 Å². The first-order valence-electron chi connectivity index (χ1n) is 5.64. The van der Waals surface area contributed by atoms with Gasteiger partial charge in [0.05, 0.1) is 19.9 Å². The van der Waals surface area contributed by atoms with Crippen molar-refractivity contribution in [1.29, 1.82) is 0 Å². The molecule has 0 aliphatic carbocycles. The van der Waals surface area contributed by atoms with Gasteiger partial charge in [-0.1, -0.05) is 0 Å². The van der Waals surface area contributed by atoms with Gasteiger partial charge in [-0.3, -0.25) is 5.10 Å². The number of benzene rings is 1. The van der Waals surface area contributed by atoms with Crippen molar-refractivity contribution in [3.63, 3.8) is 0 Å². The number of hydrogen-bond donors (Lipinski definition) is 2. The largest absolute Gasteiger partial charge is 0.492 e. The minimum absolute atomic E-state index is 0.0630. The number of sulfone groups is 1. The Labute approximate surface area is 116 Å². The molecule has 1 heterocycles. The van der Waals surface area contributed by atoms with E-state index in [1.165, 1.54) is 20.3 Å². The van der Waals surface area contributed by atoms with E-state index in [-0.39, 0.29) is 10.6 Å². The van der Waals surface area contributed by atoms with Crippen molar-refractivity contribution >= 4 is 15.7 Å². The molecule has 0 saturated carbocycles. The van der Waals surface area contributed by atoms with Crippen molar-refractivity contribution in [2.24, 2.45) is 0 Å². The summed E-state index contributed by atoms with van der Waals surface area (Å²) >= 11 is 0. The second-order valence-electron chi connectivity index (χ2n) is 4.16. The predicted octanol–water partition coefficient (Wildman–Crippen LogP) is 1.08. The number of aromatic amines is 1. The third-order valence-electron chi connectivity index (χ3n) is 2.77. The highest BCUT2D eigenvalue weighted by Crippen LogP contribution is 2.41. The van der Waals surface area contributed by atoms with E-state index >= 15 is 0 Å². The lowest BCUT2D eigenvalue weighted by molar-refractivity contribution is 0.348. The number of methoxy groups -OCH3 is 2. The Morgan fingerprint density at radius 2 is 1.85 bits per heavy atom. The van der Waals surface area contributed by atoms with E-state index < -0.39 is 9.84 Å². The highest BCUT2D eigenvalue weighted by Gasteiger charge is 2.22. The molecule has 108 valence electrons. The molecule has 2 aromatic rings. The maximum Gasteiger partial charge on any atom is 0.180 e. The molecular formula is C12H15N3O4S. The van der Waals surface area contributed by atoms with Crippen molar-refractivity contribution in [3.05, 3.63) is 18.2 Å². The van der Waals surface area contributed by atoms with Crippen LogP contribution in [0.4, 0.5) is 5.82 Å². The van der Waals surface area contributed by atoms with Gasteiger partial charge in [-0.2, -0.15) is 5.10 Å². The number of ether oxygens (including phenoxy) is 2. The van der Waals surface area contributed by atoms with Gasteiger partial charge < -0.3 is 15.2 Å². The summed E-state index contributed by atoms with van der Waals surface area (Å²) in [5.41, 5.74) is 6.79. The molecule has 7 nitrogen and oxygen atoms in total. The Morgan fingerprint density at radius 3 is 2.30 bits per heavy atom. The zero-order valence-corrected chi connectivity index (χ0v) is 12.1. The van der Waals surface area contributed by atoms with Crippen LogP contribution < -0.4 is 15.2 Å². The van der Waals surface area contributed by atoms with Crippen LogP contribution in [0.25, 0.3) is 11.3 Å². The van der Waals surface area contributed by atoms with Gasteiger partial charge in [-0.05, 0) is 12.1 Å². The maximum atomic E-state index is 11.8. The van der Waals surface area contributed by atoms with Crippen molar-refractivity contribution < 1.29 is 17.9 Å². The van der Waals surface area contributed by atoms with Crippen molar-refractivity contribution in [1.82, 2.24) is 10.2 Å². The Balaban J connectivity index is 2.73. The average molecular weight is 297 g/mol. The van der Waals surface area contributed by atoms with Crippen LogP contribution in [-0.2, 0) is 9.84 Å². The monoisotopic (exact) mass is 297 g/mol. The van der Waals surface area contributed by atoms with E-state index in [0.29, 0.717) is 22.8 Å². The zero-order valence-electron chi connectivity index (χ0n) is 11.3. The Morgan fingerprint density at radius 1 is 1.20 bits per heavy atom. The minimum atomic E-state index is -3.43. The first-order valence-corrected chi connectivity index (χ1v) is 7.54. The number of hydrogen-bond acceptors (Lipinski definition) is 6. The van der Waals surface area contributed by atoms with Crippen LogP contribution in [0.1, 0.15) is 0 Å². The van der Waals surface area contributed by atoms with Gasteiger partial charge in [0.2, 0.25) is 0 Å². The molecule has 8 heteroatoms. The van der Waals surface area contributed by atoms with Gasteiger partial charge in [0, 0.05) is 17.9 Å². The summed E-state index contributed by atoms with van der Waals surface area (Å²) in [5, 5.41) is 6.58. The second-order valence-corrected chi connectivity index (χ2v) is 6.14. The molecule has 1 aromatic carbocycles. The van der Waals surface area contributed by atoms with Crippen LogP contribution in [0, 0.1) is 0 Å². The Kier molecular flexibility index (Phi) is 3.58. The number of rotatable bonds is 4. The lowest BCUT2D eigenvalue weighted by Gasteiger charge is -2.14. The number of anilines is 1. The third-order valence-corrected chi connectivity index (χ3v) is 3.89. The van der Waals surface area contributed by atoms with Crippen LogP contribution in [0.15, 0.2) is 23.1 Å². The predicted molar refractivity (Wildman–Crippen MR) is 74.6 cm³/mol. The highest BCUT2D eigenvalue weighted by molar-refractivity contribution is 7.90. The minimum Gasteiger partial charge on any atom is -0.492 e. The molecule has 0 fully saturated rings. The Hall–Kier alpha value is -2.22. The highest BCUT2D eigenvalue weighted by atomic mass is 32.2. The van der Waals surface area contributed by atoms with E-state index in [9.17, 15) is 8.42 Å². The number of nitrogens with two attached hydrogens (primary N) is 1. The van der Waals surface area contributed by atoms with Gasteiger partial charge in [0.25, 0.3) is 0 Å². The third kappa shape index (κ3) is 2.42. The van der Waals surface area contributed by atoms with Gasteiger partial charge >= 0.3 is 0 Å². The van der Waals surface area contributed by atoms with Gasteiger partial charge in [0.15, 0.2) is 21.3 Å². The van der Waals surface area contributed by atoms with Crippen LogP contribution in [0.2, 0.25) is 0 Å². The second kappa shape index (κ2) is 5.04. The summed E-state index contributed by atoms with van der Waals surface area (Å²) in [7, 11) is -0.603. The summed E-state index contributed by atoms with van der Waals surface area (Å²) in [6.45, 7) is 0. The molecule has 20 heavy (non-hydrogen) atoms. The molecular weight excluding hydrogens is 282 g/mol. The quantitative estimate of drug-likeness (QED) is 0.874. The fourth-order valence-electron chi connectivity index (χ4n) is 1.92.